The van der Waals surface area contributed by atoms with E-state index in [1.165, 1.54) is 15.8 Å². The van der Waals surface area contributed by atoms with Gasteiger partial charge in [0.2, 0.25) is 5.91 Å². The standard InChI is InChI=1S/C12H17F3N4O/c1-18-7-8(6-17-18)10(16)11(20)19-4-2-9(3-5-19)12(13,14)15/h6-7,9-10H,2-5,16H2,1H3. The van der Waals surface area contributed by atoms with Gasteiger partial charge in [-0.05, 0) is 12.8 Å². The highest BCUT2D eigenvalue weighted by Gasteiger charge is 2.42. The number of nitrogens with two attached hydrogens (primary N) is 1. The van der Waals surface area contributed by atoms with E-state index < -0.39 is 18.1 Å². The molecular weight excluding hydrogens is 273 g/mol. The fraction of sp³-hybridized carbons (Fsp3) is 0.667. The summed E-state index contributed by atoms with van der Waals surface area (Å²) in [4.78, 5) is 13.5. The number of rotatable bonds is 2. The third-order valence-electron chi connectivity index (χ3n) is 3.62. The molecule has 2 N–H and O–H groups in total. The molecule has 112 valence electrons. The van der Waals surface area contributed by atoms with Gasteiger partial charge in [-0.3, -0.25) is 9.48 Å². The topological polar surface area (TPSA) is 64.2 Å². The molecule has 0 aromatic carbocycles. The van der Waals surface area contributed by atoms with Gasteiger partial charge in [-0.1, -0.05) is 0 Å². The molecular formula is C12H17F3N4O. The molecule has 1 fully saturated rings. The van der Waals surface area contributed by atoms with Gasteiger partial charge in [0, 0.05) is 31.9 Å². The number of aromatic nitrogens is 2. The van der Waals surface area contributed by atoms with Crippen molar-refractivity contribution in [3.05, 3.63) is 18.0 Å². The van der Waals surface area contributed by atoms with E-state index in [2.05, 4.69) is 5.10 Å². The summed E-state index contributed by atoms with van der Waals surface area (Å²) in [6.45, 7) is 0.188. The number of alkyl halides is 3. The Labute approximate surface area is 114 Å². The second-order valence-corrected chi connectivity index (χ2v) is 5.07. The molecule has 2 rings (SSSR count). The maximum Gasteiger partial charge on any atom is 0.391 e. The minimum absolute atomic E-state index is 0.0605. The lowest BCUT2D eigenvalue weighted by Crippen LogP contribution is -2.45. The van der Waals surface area contributed by atoms with E-state index >= 15 is 0 Å². The molecule has 0 spiro atoms. The predicted molar refractivity (Wildman–Crippen MR) is 65.5 cm³/mol. The van der Waals surface area contributed by atoms with Gasteiger partial charge in [0.25, 0.3) is 0 Å². The van der Waals surface area contributed by atoms with Crippen molar-refractivity contribution in [3.8, 4) is 0 Å². The minimum Gasteiger partial charge on any atom is -0.341 e. The number of aryl methyl sites for hydroxylation is 1. The summed E-state index contributed by atoms with van der Waals surface area (Å²) < 4.78 is 39.2. The smallest absolute Gasteiger partial charge is 0.341 e. The van der Waals surface area contributed by atoms with Crippen molar-refractivity contribution in [2.45, 2.75) is 25.1 Å². The summed E-state index contributed by atoms with van der Waals surface area (Å²) in [5.74, 6) is -1.67. The Bertz CT molecular complexity index is 477. The Kier molecular flexibility index (Phi) is 4.03. The van der Waals surface area contributed by atoms with Crippen molar-refractivity contribution >= 4 is 5.91 Å². The van der Waals surface area contributed by atoms with E-state index in [1.807, 2.05) is 0 Å². The van der Waals surface area contributed by atoms with Crippen LogP contribution in [-0.2, 0) is 11.8 Å². The third-order valence-corrected chi connectivity index (χ3v) is 3.62. The fourth-order valence-corrected chi connectivity index (χ4v) is 2.37. The van der Waals surface area contributed by atoms with Crippen molar-refractivity contribution in [2.75, 3.05) is 13.1 Å². The molecule has 0 saturated carbocycles. The van der Waals surface area contributed by atoms with Crippen LogP contribution in [0.3, 0.4) is 0 Å². The van der Waals surface area contributed by atoms with Crippen molar-refractivity contribution < 1.29 is 18.0 Å². The number of nitrogens with zero attached hydrogens (tertiary/aromatic N) is 3. The van der Waals surface area contributed by atoms with E-state index in [9.17, 15) is 18.0 Å². The first-order valence-corrected chi connectivity index (χ1v) is 6.38. The van der Waals surface area contributed by atoms with Gasteiger partial charge in [0.15, 0.2) is 0 Å². The zero-order valence-corrected chi connectivity index (χ0v) is 11.1. The maximum absolute atomic E-state index is 12.6. The number of likely N-dealkylation sites (tertiary alicyclic amines) is 1. The predicted octanol–water partition coefficient (Wildman–Crippen LogP) is 1.22. The fourth-order valence-electron chi connectivity index (χ4n) is 2.37. The van der Waals surface area contributed by atoms with Crippen LogP contribution in [-0.4, -0.2) is 39.9 Å². The molecule has 1 aromatic rings. The molecule has 1 aromatic heterocycles. The van der Waals surface area contributed by atoms with E-state index in [0.717, 1.165) is 0 Å². The Morgan fingerprint density at radius 2 is 2.05 bits per heavy atom. The van der Waals surface area contributed by atoms with Gasteiger partial charge in [-0.25, -0.2) is 0 Å². The molecule has 1 unspecified atom stereocenters. The van der Waals surface area contributed by atoms with Gasteiger partial charge in [0.05, 0.1) is 12.1 Å². The lowest BCUT2D eigenvalue weighted by atomic mass is 9.95. The Hall–Kier alpha value is -1.57. The lowest BCUT2D eigenvalue weighted by molar-refractivity contribution is -0.186. The van der Waals surface area contributed by atoms with Crippen molar-refractivity contribution in [1.82, 2.24) is 14.7 Å². The van der Waals surface area contributed by atoms with Gasteiger partial charge in [-0.15, -0.1) is 0 Å². The molecule has 20 heavy (non-hydrogen) atoms. The molecule has 5 nitrogen and oxygen atoms in total. The van der Waals surface area contributed by atoms with Crippen LogP contribution in [0.15, 0.2) is 12.4 Å². The Morgan fingerprint density at radius 3 is 2.50 bits per heavy atom. The first-order valence-electron chi connectivity index (χ1n) is 6.38. The van der Waals surface area contributed by atoms with Crippen LogP contribution in [0, 0.1) is 5.92 Å². The number of carbonyl (C=O) groups excluding carboxylic acids is 1. The molecule has 1 saturated heterocycles. The van der Waals surface area contributed by atoms with Gasteiger partial charge < -0.3 is 10.6 Å². The first kappa shape index (κ1) is 14.8. The van der Waals surface area contributed by atoms with Crippen LogP contribution in [0.25, 0.3) is 0 Å². The molecule has 0 aliphatic carbocycles. The molecule has 1 amide bonds. The van der Waals surface area contributed by atoms with Crippen LogP contribution >= 0.6 is 0 Å². The lowest BCUT2D eigenvalue weighted by Gasteiger charge is -2.34. The minimum atomic E-state index is -4.18. The second-order valence-electron chi connectivity index (χ2n) is 5.07. The van der Waals surface area contributed by atoms with Gasteiger partial charge >= 0.3 is 6.18 Å². The number of hydrogen-bond acceptors (Lipinski definition) is 3. The molecule has 0 radical (unpaired) electrons. The molecule has 0 bridgehead atoms. The molecule has 1 aliphatic heterocycles. The van der Waals surface area contributed by atoms with Crippen LogP contribution in [0.2, 0.25) is 0 Å². The molecule has 2 heterocycles. The summed E-state index contributed by atoms with van der Waals surface area (Å²) in [6, 6.07) is -0.869. The van der Waals surface area contributed by atoms with Crippen molar-refractivity contribution in [1.29, 1.82) is 0 Å². The van der Waals surface area contributed by atoms with Crippen LogP contribution < -0.4 is 5.73 Å². The largest absolute Gasteiger partial charge is 0.391 e. The summed E-state index contributed by atoms with van der Waals surface area (Å²) in [5, 5.41) is 3.93. The van der Waals surface area contributed by atoms with E-state index in [4.69, 9.17) is 5.73 Å². The number of halogens is 3. The van der Waals surface area contributed by atoms with Crippen molar-refractivity contribution in [2.24, 2.45) is 18.7 Å². The van der Waals surface area contributed by atoms with Crippen molar-refractivity contribution in [3.63, 3.8) is 0 Å². The van der Waals surface area contributed by atoms with E-state index in [-0.39, 0.29) is 31.8 Å². The Morgan fingerprint density at radius 1 is 1.45 bits per heavy atom. The highest BCUT2D eigenvalue weighted by Crippen LogP contribution is 2.34. The highest BCUT2D eigenvalue weighted by molar-refractivity contribution is 5.83. The number of carbonyl (C=O) groups is 1. The molecule has 1 atom stereocenters. The summed E-state index contributed by atoms with van der Waals surface area (Å²) in [5.41, 5.74) is 6.40. The zero-order chi connectivity index (χ0) is 14.9. The second kappa shape index (κ2) is 5.43. The Balaban J connectivity index is 1.95. The average molecular weight is 290 g/mol. The highest BCUT2D eigenvalue weighted by atomic mass is 19.4. The maximum atomic E-state index is 12.6. The van der Waals surface area contributed by atoms with E-state index in [1.54, 1.807) is 13.2 Å². The third kappa shape index (κ3) is 3.12. The van der Waals surface area contributed by atoms with Crippen LogP contribution in [0.5, 0.6) is 0 Å². The first-order chi connectivity index (χ1) is 9.29. The van der Waals surface area contributed by atoms with Crippen LogP contribution in [0.4, 0.5) is 13.2 Å². The van der Waals surface area contributed by atoms with Gasteiger partial charge in [-0.2, -0.15) is 18.3 Å². The SMILES string of the molecule is Cn1cc(C(N)C(=O)N2CCC(C(F)(F)F)CC2)cn1. The average Bonchev–Trinajstić information content (AvgIpc) is 2.83. The zero-order valence-electron chi connectivity index (χ0n) is 11.1. The normalized spacial score (nSPS) is 19.1. The summed E-state index contributed by atoms with van der Waals surface area (Å²) in [6.07, 6.45) is -1.18. The van der Waals surface area contributed by atoms with E-state index in [0.29, 0.717) is 5.56 Å². The summed E-state index contributed by atoms with van der Waals surface area (Å²) >= 11 is 0. The number of amides is 1. The number of piperidine rings is 1. The van der Waals surface area contributed by atoms with Crippen LogP contribution in [0.1, 0.15) is 24.4 Å². The molecule has 8 heteroatoms. The van der Waals surface area contributed by atoms with Gasteiger partial charge in [0.1, 0.15) is 6.04 Å². The number of hydrogen-bond donors (Lipinski definition) is 1. The molecule has 1 aliphatic rings. The monoisotopic (exact) mass is 290 g/mol. The quantitative estimate of drug-likeness (QED) is 0.890. The summed E-state index contributed by atoms with van der Waals surface area (Å²) in [7, 11) is 1.70.